The Hall–Kier alpha value is -0.120. The first kappa shape index (κ1) is 12.0. The summed E-state index contributed by atoms with van der Waals surface area (Å²) in [4.78, 5) is 2.38. The van der Waals surface area contributed by atoms with Crippen LogP contribution in [0.3, 0.4) is 0 Å². The Morgan fingerprint density at radius 1 is 1.57 bits per heavy atom. The van der Waals surface area contributed by atoms with Gasteiger partial charge in [0, 0.05) is 25.7 Å². The third-order valence-electron chi connectivity index (χ3n) is 2.87. The van der Waals surface area contributed by atoms with Crippen LogP contribution < -0.4 is 5.32 Å². The molecule has 0 aliphatic carbocycles. The molecule has 0 radical (unpaired) electrons. The molecule has 1 rings (SSSR count). The van der Waals surface area contributed by atoms with E-state index in [-0.39, 0.29) is 0 Å². The number of rotatable bonds is 6. The van der Waals surface area contributed by atoms with Crippen molar-refractivity contribution in [1.29, 1.82) is 0 Å². The molecule has 2 atom stereocenters. The van der Waals surface area contributed by atoms with Crippen molar-refractivity contribution < 1.29 is 4.74 Å². The second-order valence-electron chi connectivity index (χ2n) is 4.36. The molecule has 0 bridgehead atoms. The summed E-state index contributed by atoms with van der Waals surface area (Å²) < 4.78 is 5.22. The summed E-state index contributed by atoms with van der Waals surface area (Å²) in [6, 6.07) is 1.22. The van der Waals surface area contributed by atoms with Gasteiger partial charge in [0.2, 0.25) is 0 Å². The van der Waals surface area contributed by atoms with Crippen molar-refractivity contribution in [2.24, 2.45) is 0 Å². The van der Waals surface area contributed by atoms with Gasteiger partial charge in [-0.15, -0.1) is 0 Å². The van der Waals surface area contributed by atoms with Gasteiger partial charge in [0.05, 0.1) is 6.61 Å². The maximum atomic E-state index is 5.22. The minimum Gasteiger partial charge on any atom is -0.383 e. The van der Waals surface area contributed by atoms with Gasteiger partial charge in [0.15, 0.2) is 0 Å². The number of ether oxygens (including phenoxy) is 1. The van der Waals surface area contributed by atoms with Crippen molar-refractivity contribution in [3.63, 3.8) is 0 Å². The molecule has 3 heteroatoms. The Balaban J connectivity index is 2.24. The van der Waals surface area contributed by atoms with Crippen LogP contribution in [0.15, 0.2) is 0 Å². The first-order valence-electron chi connectivity index (χ1n) is 5.69. The zero-order chi connectivity index (χ0) is 10.4. The first-order chi connectivity index (χ1) is 6.76. The van der Waals surface area contributed by atoms with Crippen LogP contribution in [0.25, 0.3) is 0 Å². The van der Waals surface area contributed by atoms with Crippen molar-refractivity contribution in [2.45, 2.75) is 38.3 Å². The SMILES string of the molecule is CCCC(COC)NC1CCN(C)C1. The van der Waals surface area contributed by atoms with Crippen LogP contribution in [0.5, 0.6) is 0 Å². The van der Waals surface area contributed by atoms with Gasteiger partial charge < -0.3 is 15.0 Å². The van der Waals surface area contributed by atoms with E-state index in [9.17, 15) is 0 Å². The average Bonchev–Trinajstić information content (AvgIpc) is 2.52. The van der Waals surface area contributed by atoms with Crippen LogP contribution in [0.1, 0.15) is 26.2 Å². The van der Waals surface area contributed by atoms with E-state index in [4.69, 9.17) is 4.74 Å². The number of likely N-dealkylation sites (tertiary alicyclic amines) is 1. The van der Waals surface area contributed by atoms with Gasteiger partial charge >= 0.3 is 0 Å². The van der Waals surface area contributed by atoms with E-state index in [0.29, 0.717) is 12.1 Å². The second-order valence-corrected chi connectivity index (χ2v) is 4.36. The Kier molecular flexibility index (Phi) is 5.45. The average molecular weight is 200 g/mol. The first-order valence-corrected chi connectivity index (χ1v) is 5.69. The van der Waals surface area contributed by atoms with Gasteiger partial charge in [-0.05, 0) is 26.4 Å². The molecular formula is C11H24N2O. The number of hydrogen-bond acceptors (Lipinski definition) is 3. The molecule has 2 unspecified atom stereocenters. The molecule has 1 N–H and O–H groups in total. The molecule has 0 amide bonds. The minimum atomic E-state index is 0.543. The summed E-state index contributed by atoms with van der Waals surface area (Å²) in [6.07, 6.45) is 3.72. The Labute approximate surface area is 87.8 Å². The molecule has 14 heavy (non-hydrogen) atoms. The molecule has 1 heterocycles. The number of likely N-dealkylation sites (N-methyl/N-ethyl adjacent to an activating group) is 1. The summed E-state index contributed by atoms with van der Waals surface area (Å²) in [7, 11) is 3.97. The maximum absolute atomic E-state index is 5.22. The van der Waals surface area contributed by atoms with Gasteiger partial charge in [0.1, 0.15) is 0 Å². The van der Waals surface area contributed by atoms with Crippen molar-refractivity contribution in [2.75, 3.05) is 33.9 Å². The molecular weight excluding hydrogens is 176 g/mol. The molecule has 0 spiro atoms. The maximum Gasteiger partial charge on any atom is 0.0615 e. The standard InChI is InChI=1S/C11H24N2O/c1-4-5-11(9-14-3)12-10-6-7-13(2)8-10/h10-12H,4-9H2,1-3H3. The van der Waals surface area contributed by atoms with Gasteiger partial charge in [-0.2, -0.15) is 0 Å². The van der Waals surface area contributed by atoms with Gasteiger partial charge in [-0.3, -0.25) is 0 Å². The molecule has 1 fully saturated rings. The molecule has 1 aliphatic heterocycles. The van der Waals surface area contributed by atoms with Crippen LogP contribution in [0.2, 0.25) is 0 Å². The predicted molar refractivity (Wildman–Crippen MR) is 59.6 cm³/mol. The second kappa shape index (κ2) is 6.38. The van der Waals surface area contributed by atoms with E-state index in [2.05, 4.69) is 24.2 Å². The normalized spacial score (nSPS) is 25.5. The van der Waals surface area contributed by atoms with Crippen molar-refractivity contribution in [1.82, 2.24) is 10.2 Å². The largest absolute Gasteiger partial charge is 0.383 e. The lowest BCUT2D eigenvalue weighted by Gasteiger charge is -2.21. The lowest BCUT2D eigenvalue weighted by atomic mass is 10.1. The fourth-order valence-electron chi connectivity index (χ4n) is 2.17. The van der Waals surface area contributed by atoms with Gasteiger partial charge in [-0.1, -0.05) is 13.3 Å². The molecule has 1 aliphatic rings. The fraction of sp³-hybridized carbons (Fsp3) is 1.00. The van der Waals surface area contributed by atoms with Gasteiger partial charge in [-0.25, -0.2) is 0 Å². The smallest absolute Gasteiger partial charge is 0.0615 e. The Bertz CT molecular complexity index is 146. The molecule has 0 aromatic carbocycles. The van der Waals surface area contributed by atoms with E-state index in [1.165, 1.54) is 32.4 Å². The highest BCUT2D eigenvalue weighted by Gasteiger charge is 2.21. The molecule has 0 saturated carbocycles. The van der Waals surface area contributed by atoms with Crippen molar-refractivity contribution in [3.8, 4) is 0 Å². The van der Waals surface area contributed by atoms with Crippen molar-refractivity contribution in [3.05, 3.63) is 0 Å². The van der Waals surface area contributed by atoms with Crippen molar-refractivity contribution >= 4 is 0 Å². The van der Waals surface area contributed by atoms with E-state index in [1.54, 1.807) is 7.11 Å². The van der Waals surface area contributed by atoms with Crippen LogP contribution in [0, 0.1) is 0 Å². The highest BCUT2D eigenvalue weighted by molar-refractivity contribution is 4.82. The summed E-state index contributed by atoms with van der Waals surface area (Å²) in [5.41, 5.74) is 0. The lowest BCUT2D eigenvalue weighted by Crippen LogP contribution is -2.42. The summed E-state index contributed by atoms with van der Waals surface area (Å²) in [6.45, 7) is 5.48. The summed E-state index contributed by atoms with van der Waals surface area (Å²) in [5, 5.41) is 3.68. The fourth-order valence-corrected chi connectivity index (χ4v) is 2.17. The quantitative estimate of drug-likeness (QED) is 0.695. The lowest BCUT2D eigenvalue weighted by molar-refractivity contribution is 0.156. The van der Waals surface area contributed by atoms with Crippen LogP contribution in [0.4, 0.5) is 0 Å². The third kappa shape index (κ3) is 3.95. The number of methoxy groups -OCH3 is 1. The zero-order valence-electron chi connectivity index (χ0n) is 9.75. The summed E-state index contributed by atoms with van der Waals surface area (Å²) >= 11 is 0. The molecule has 84 valence electrons. The molecule has 0 aromatic heterocycles. The van der Waals surface area contributed by atoms with Gasteiger partial charge in [0.25, 0.3) is 0 Å². The highest BCUT2D eigenvalue weighted by Crippen LogP contribution is 2.08. The number of hydrogen-bond donors (Lipinski definition) is 1. The number of nitrogens with one attached hydrogen (secondary N) is 1. The molecule has 1 saturated heterocycles. The Morgan fingerprint density at radius 2 is 2.36 bits per heavy atom. The number of nitrogens with zero attached hydrogens (tertiary/aromatic N) is 1. The van der Waals surface area contributed by atoms with E-state index in [0.717, 1.165) is 6.61 Å². The topological polar surface area (TPSA) is 24.5 Å². The predicted octanol–water partition coefficient (Wildman–Crippen LogP) is 1.10. The van der Waals surface area contributed by atoms with E-state index < -0.39 is 0 Å². The van der Waals surface area contributed by atoms with Crippen LogP contribution in [-0.4, -0.2) is 50.8 Å². The van der Waals surface area contributed by atoms with Crippen LogP contribution >= 0.6 is 0 Å². The van der Waals surface area contributed by atoms with Crippen LogP contribution in [-0.2, 0) is 4.74 Å². The third-order valence-corrected chi connectivity index (χ3v) is 2.87. The summed E-state index contributed by atoms with van der Waals surface area (Å²) in [5.74, 6) is 0. The zero-order valence-corrected chi connectivity index (χ0v) is 9.75. The monoisotopic (exact) mass is 200 g/mol. The molecule has 0 aromatic rings. The van der Waals surface area contributed by atoms with E-state index in [1.807, 2.05) is 0 Å². The Morgan fingerprint density at radius 3 is 2.86 bits per heavy atom. The van der Waals surface area contributed by atoms with E-state index >= 15 is 0 Å². The minimum absolute atomic E-state index is 0.543. The molecule has 3 nitrogen and oxygen atoms in total. The highest BCUT2D eigenvalue weighted by atomic mass is 16.5.